The van der Waals surface area contributed by atoms with Crippen LogP contribution in [0.25, 0.3) is 0 Å². The number of benzene rings is 1. The number of aromatic carboxylic acids is 1. The molecular weight excluding hydrogens is 418 g/mol. The van der Waals surface area contributed by atoms with Crippen molar-refractivity contribution < 1.29 is 27.9 Å². The van der Waals surface area contributed by atoms with E-state index in [0.717, 1.165) is 0 Å². The number of carbonyl (C=O) groups excluding carboxylic acids is 2. The van der Waals surface area contributed by atoms with Gasteiger partial charge in [-0.1, -0.05) is 0 Å². The van der Waals surface area contributed by atoms with E-state index in [4.69, 9.17) is 5.11 Å². The number of amides is 2. The van der Waals surface area contributed by atoms with Gasteiger partial charge in [0.1, 0.15) is 6.04 Å². The van der Waals surface area contributed by atoms with Crippen LogP contribution >= 0.6 is 12.6 Å². The molecule has 2 amide bonds. The lowest BCUT2D eigenvalue weighted by atomic mass is 10.2. The molecule has 1 aromatic carbocycles. The Labute approximate surface area is 175 Å². The van der Waals surface area contributed by atoms with Crippen molar-refractivity contribution in [2.24, 2.45) is 0 Å². The number of carbonyl (C=O) groups is 3. The summed E-state index contributed by atoms with van der Waals surface area (Å²) in [5.41, 5.74) is 0.477. The molecule has 11 heteroatoms. The molecule has 0 unspecified atom stereocenters. The second kappa shape index (κ2) is 9.14. The third-order valence-electron chi connectivity index (χ3n) is 4.61. The summed E-state index contributed by atoms with van der Waals surface area (Å²) in [5.74, 6) is -2.03. The van der Waals surface area contributed by atoms with E-state index in [2.05, 4.69) is 17.9 Å². The molecule has 1 saturated heterocycles. The Morgan fingerprint density at radius 3 is 2.38 bits per heavy atom. The van der Waals surface area contributed by atoms with Gasteiger partial charge in [0.25, 0.3) is 0 Å². The molecule has 1 heterocycles. The van der Waals surface area contributed by atoms with Crippen LogP contribution in [-0.2, 0) is 19.6 Å². The normalized spacial score (nSPS) is 19.9. The van der Waals surface area contributed by atoms with Gasteiger partial charge < -0.3 is 15.3 Å². The number of hydrogen-bond acceptors (Lipinski definition) is 6. The van der Waals surface area contributed by atoms with Gasteiger partial charge in [0.15, 0.2) is 0 Å². The van der Waals surface area contributed by atoms with Crippen molar-refractivity contribution in [1.82, 2.24) is 9.21 Å². The predicted molar refractivity (Wildman–Crippen MR) is 112 cm³/mol. The fraction of sp³-hybridized carbons (Fsp3) is 0.500. The van der Waals surface area contributed by atoms with E-state index in [9.17, 15) is 22.8 Å². The van der Waals surface area contributed by atoms with Crippen LogP contribution in [0.4, 0.5) is 5.69 Å². The minimum atomic E-state index is -3.64. The van der Waals surface area contributed by atoms with E-state index in [0.29, 0.717) is 5.69 Å². The van der Waals surface area contributed by atoms with Crippen LogP contribution in [0.1, 0.15) is 30.6 Å². The lowest BCUT2D eigenvalue weighted by Gasteiger charge is -2.28. The number of rotatable bonds is 7. The van der Waals surface area contributed by atoms with Gasteiger partial charge in [0, 0.05) is 24.5 Å². The van der Waals surface area contributed by atoms with E-state index in [1.165, 1.54) is 40.5 Å². The number of nitrogens with one attached hydrogen (secondary N) is 1. The second-order valence-corrected chi connectivity index (χ2v) is 10.4. The van der Waals surface area contributed by atoms with Crippen LogP contribution in [0.15, 0.2) is 24.3 Å². The van der Waals surface area contributed by atoms with Crippen LogP contribution in [0.5, 0.6) is 0 Å². The van der Waals surface area contributed by atoms with Crippen molar-refractivity contribution >= 4 is 46.1 Å². The average molecular weight is 444 g/mol. The first-order valence-electron chi connectivity index (χ1n) is 9.00. The van der Waals surface area contributed by atoms with Crippen molar-refractivity contribution in [3.05, 3.63) is 29.8 Å². The van der Waals surface area contributed by atoms with Crippen LogP contribution in [-0.4, -0.2) is 77.2 Å². The molecule has 9 nitrogen and oxygen atoms in total. The highest BCUT2D eigenvalue weighted by atomic mass is 32.2. The van der Waals surface area contributed by atoms with Crippen molar-refractivity contribution in [3.63, 3.8) is 0 Å². The number of carboxylic acids is 1. The van der Waals surface area contributed by atoms with Gasteiger partial charge in [-0.05, 0) is 44.5 Å². The van der Waals surface area contributed by atoms with Crippen LogP contribution in [0.3, 0.4) is 0 Å². The summed E-state index contributed by atoms with van der Waals surface area (Å²) < 4.78 is 26.3. The van der Waals surface area contributed by atoms with Gasteiger partial charge in [-0.25, -0.2) is 13.2 Å². The van der Waals surface area contributed by atoms with E-state index >= 15 is 0 Å². The van der Waals surface area contributed by atoms with Gasteiger partial charge in [-0.3, -0.25) is 9.59 Å². The van der Waals surface area contributed by atoms with Crippen LogP contribution in [0.2, 0.25) is 0 Å². The van der Waals surface area contributed by atoms with Gasteiger partial charge in [0.05, 0.1) is 17.4 Å². The Morgan fingerprint density at radius 1 is 1.28 bits per heavy atom. The standard InChI is InChI=1S/C18H25N3O6S2/c1-11(2)29(26,27)21-9-14(28)8-15(21)17(23)20(3)10-16(22)19-13-6-4-12(5-7-13)18(24)25/h4-7,11,14-15,28H,8-10H2,1-3H3,(H,19,22)(H,24,25)/t14-,15-/m0/s1. The first-order valence-corrected chi connectivity index (χ1v) is 11.0. The SMILES string of the molecule is CC(C)S(=O)(=O)N1C[C@@H](S)C[C@H]1C(=O)N(C)CC(=O)Nc1ccc(C(=O)O)cc1. The molecule has 0 radical (unpaired) electrons. The maximum Gasteiger partial charge on any atom is 0.335 e. The molecule has 1 aliphatic rings. The molecule has 0 spiro atoms. The molecular formula is C18H25N3O6S2. The molecule has 0 saturated carbocycles. The monoisotopic (exact) mass is 443 g/mol. The Bertz CT molecular complexity index is 885. The van der Waals surface area contributed by atoms with Crippen molar-refractivity contribution in [3.8, 4) is 0 Å². The third kappa shape index (κ3) is 5.49. The molecule has 0 aromatic heterocycles. The Hall–Kier alpha value is -2.11. The van der Waals surface area contributed by atoms with Gasteiger partial charge >= 0.3 is 5.97 Å². The summed E-state index contributed by atoms with van der Waals surface area (Å²) in [7, 11) is -2.20. The summed E-state index contributed by atoms with van der Waals surface area (Å²) in [5, 5.41) is 10.5. The quantitative estimate of drug-likeness (QED) is 0.538. The summed E-state index contributed by atoms with van der Waals surface area (Å²) >= 11 is 4.33. The van der Waals surface area contributed by atoms with Crippen molar-refractivity contribution in [2.75, 3.05) is 25.5 Å². The average Bonchev–Trinajstić information content (AvgIpc) is 3.03. The fourth-order valence-electron chi connectivity index (χ4n) is 3.01. The highest BCUT2D eigenvalue weighted by Crippen LogP contribution is 2.28. The number of likely N-dealkylation sites (N-methyl/N-ethyl adjacent to an activating group) is 1. The molecule has 160 valence electrons. The molecule has 2 atom stereocenters. The zero-order valence-corrected chi connectivity index (χ0v) is 18.1. The minimum absolute atomic E-state index is 0.0873. The maximum absolute atomic E-state index is 12.8. The van der Waals surface area contributed by atoms with Crippen molar-refractivity contribution in [2.45, 2.75) is 36.8 Å². The van der Waals surface area contributed by atoms with Crippen LogP contribution in [0, 0.1) is 0 Å². The summed E-state index contributed by atoms with van der Waals surface area (Å²) in [6.07, 6.45) is 0.274. The zero-order chi connectivity index (χ0) is 21.9. The summed E-state index contributed by atoms with van der Waals surface area (Å²) in [6, 6.07) is 4.71. The van der Waals surface area contributed by atoms with Crippen molar-refractivity contribution in [1.29, 1.82) is 0 Å². The zero-order valence-electron chi connectivity index (χ0n) is 16.4. The molecule has 2 N–H and O–H groups in total. The fourth-order valence-corrected chi connectivity index (χ4v) is 4.95. The lowest BCUT2D eigenvalue weighted by molar-refractivity contribution is -0.136. The number of anilines is 1. The van der Waals surface area contributed by atoms with Gasteiger partial charge in [-0.2, -0.15) is 16.9 Å². The van der Waals surface area contributed by atoms with Crippen LogP contribution < -0.4 is 5.32 Å². The Kier molecular flexibility index (Phi) is 7.30. The number of hydrogen-bond donors (Lipinski definition) is 3. The Balaban J connectivity index is 2.03. The summed E-state index contributed by atoms with van der Waals surface area (Å²) in [6.45, 7) is 2.98. The summed E-state index contributed by atoms with van der Waals surface area (Å²) in [4.78, 5) is 37.1. The first-order chi connectivity index (χ1) is 13.4. The maximum atomic E-state index is 12.8. The third-order valence-corrected chi connectivity index (χ3v) is 7.24. The van der Waals surface area contributed by atoms with E-state index < -0.39 is 39.1 Å². The lowest BCUT2D eigenvalue weighted by Crippen LogP contribution is -2.49. The topological polar surface area (TPSA) is 124 Å². The molecule has 2 rings (SSSR count). The minimum Gasteiger partial charge on any atom is -0.478 e. The number of sulfonamides is 1. The molecule has 1 aromatic rings. The molecule has 1 fully saturated rings. The molecule has 1 aliphatic heterocycles. The van der Waals surface area contributed by atoms with Gasteiger partial charge in [0.2, 0.25) is 21.8 Å². The van der Waals surface area contributed by atoms with Gasteiger partial charge in [-0.15, -0.1) is 0 Å². The van der Waals surface area contributed by atoms with E-state index in [1.807, 2.05) is 0 Å². The van der Waals surface area contributed by atoms with E-state index in [-0.39, 0.29) is 30.3 Å². The molecule has 0 bridgehead atoms. The number of thiol groups is 1. The smallest absolute Gasteiger partial charge is 0.335 e. The predicted octanol–water partition coefficient (Wildman–Crippen LogP) is 0.893. The largest absolute Gasteiger partial charge is 0.478 e. The molecule has 0 aliphatic carbocycles. The highest BCUT2D eigenvalue weighted by molar-refractivity contribution is 7.89. The van der Waals surface area contributed by atoms with E-state index in [1.54, 1.807) is 13.8 Å². The highest BCUT2D eigenvalue weighted by Gasteiger charge is 2.44. The first kappa shape index (κ1) is 23.2. The second-order valence-electron chi connectivity index (χ2n) is 7.19. The Morgan fingerprint density at radius 2 is 1.86 bits per heavy atom. The number of carboxylic acid groups (broad SMARTS) is 1. The molecule has 29 heavy (non-hydrogen) atoms. The number of nitrogens with zero attached hydrogens (tertiary/aromatic N) is 2.